The SMILES string of the molecule is CC(C)CCNc1ccc(C(=O)Nc2c(Cl)cccc2Cl)nc1. The fourth-order valence-electron chi connectivity index (χ4n) is 1.93. The van der Waals surface area contributed by atoms with Crippen molar-refractivity contribution in [3.8, 4) is 0 Å². The fraction of sp³-hybridized carbons (Fsp3) is 0.294. The first kappa shape index (κ1) is 17.6. The third-order valence-electron chi connectivity index (χ3n) is 3.25. The summed E-state index contributed by atoms with van der Waals surface area (Å²) in [6, 6.07) is 8.54. The molecular weight excluding hydrogens is 333 g/mol. The highest BCUT2D eigenvalue weighted by molar-refractivity contribution is 6.39. The second kappa shape index (κ2) is 8.18. The highest BCUT2D eigenvalue weighted by atomic mass is 35.5. The average Bonchev–Trinajstić information content (AvgIpc) is 2.51. The van der Waals surface area contributed by atoms with Gasteiger partial charge in [0.1, 0.15) is 5.69 Å². The van der Waals surface area contributed by atoms with Gasteiger partial charge in [0.25, 0.3) is 5.91 Å². The van der Waals surface area contributed by atoms with E-state index in [9.17, 15) is 4.79 Å². The lowest BCUT2D eigenvalue weighted by molar-refractivity contribution is 0.102. The molecule has 0 saturated carbocycles. The minimum Gasteiger partial charge on any atom is -0.384 e. The highest BCUT2D eigenvalue weighted by Gasteiger charge is 2.12. The van der Waals surface area contributed by atoms with Crippen molar-refractivity contribution in [2.45, 2.75) is 20.3 Å². The molecule has 0 atom stereocenters. The van der Waals surface area contributed by atoms with Gasteiger partial charge in [0.05, 0.1) is 27.6 Å². The first-order chi connectivity index (χ1) is 11.0. The van der Waals surface area contributed by atoms with Crippen molar-refractivity contribution in [3.63, 3.8) is 0 Å². The van der Waals surface area contributed by atoms with Gasteiger partial charge in [-0.15, -0.1) is 0 Å². The van der Waals surface area contributed by atoms with Crippen LogP contribution in [-0.4, -0.2) is 17.4 Å². The molecule has 2 rings (SSSR count). The van der Waals surface area contributed by atoms with E-state index in [0.29, 0.717) is 27.3 Å². The van der Waals surface area contributed by atoms with E-state index in [0.717, 1.165) is 18.7 Å². The molecule has 0 spiro atoms. The number of carbonyl (C=O) groups excluding carboxylic acids is 1. The number of nitrogens with one attached hydrogen (secondary N) is 2. The molecule has 0 aliphatic heterocycles. The zero-order valence-electron chi connectivity index (χ0n) is 13.1. The van der Waals surface area contributed by atoms with E-state index in [1.165, 1.54) is 0 Å². The van der Waals surface area contributed by atoms with Gasteiger partial charge in [-0.1, -0.05) is 43.1 Å². The summed E-state index contributed by atoms with van der Waals surface area (Å²) in [6.45, 7) is 5.22. The first-order valence-corrected chi connectivity index (χ1v) is 8.18. The predicted molar refractivity (Wildman–Crippen MR) is 96.6 cm³/mol. The van der Waals surface area contributed by atoms with Crippen LogP contribution in [0.15, 0.2) is 36.5 Å². The second-order valence-electron chi connectivity index (χ2n) is 5.59. The highest BCUT2D eigenvalue weighted by Crippen LogP contribution is 2.30. The van der Waals surface area contributed by atoms with Gasteiger partial charge in [-0.3, -0.25) is 4.79 Å². The van der Waals surface area contributed by atoms with Crippen molar-refractivity contribution in [2.24, 2.45) is 5.92 Å². The molecule has 0 aliphatic rings. The Hall–Kier alpha value is -1.78. The number of aromatic nitrogens is 1. The van der Waals surface area contributed by atoms with E-state index in [1.807, 2.05) is 6.07 Å². The molecule has 0 aliphatic carbocycles. The number of amides is 1. The lowest BCUT2D eigenvalue weighted by atomic mass is 10.1. The molecule has 0 radical (unpaired) electrons. The van der Waals surface area contributed by atoms with Crippen LogP contribution in [0.25, 0.3) is 0 Å². The molecule has 1 heterocycles. The molecule has 4 nitrogen and oxygen atoms in total. The van der Waals surface area contributed by atoms with Crippen molar-refractivity contribution in [1.82, 2.24) is 4.98 Å². The number of benzene rings is 1. The minimum absolute atomic E-state index is 0.301. The van der Waals surface area contributed by atoms with Gasteiger partial charge < -0.3 is 10.6 Å². The molecule has 23 heavy (non-hydrogen) atoms. The lowest BCUT2D eigenvalue weighted by Crippen LogP contribution is -2.14. The molecular formula is C17H19Cl2N3O. The van der Waals surface area contributed by atoms with Gasteiger partial charge in [-0.2, -0.15) is 0 Å². The summed E-state index contributed by atoms with van der Waals surface area (Å²) in [5.74, 6) is 0.287. The maximum absolute atomic E-state index is 12.2. The lowest BCUT2D eigenvalue weighted by Gasteiger charge is -2.10. The van der Waals surface area contributed by atoms with Crippen LogP contribution < -0.4 is 10.6 Å². The Bertz CT molecular complexity index is 652. The van der Waals surface area contributed by atoms with Crippen molar-refractivity contribution in [3.05, 3.63) is 52.3 Å². The van der Waals surface area contributed by atoms with Gasteiger partial charge in [0.15, 0.2) is 0 Å². The molecule has 2 aromatic rings. The minimum atomic E-state index is -0.353. The van der Waals surface area contributed by atoms with Crippen LogP contribution >= 0.6 is 23.2 Å². The van der Waals surface area contributed by atoms with Crippen molar-refractivity contribution >= 4 is 40.5 Å². The van der Waals surface area contributed by atoms with Crippen LogP contribution in [-0.2, 0) is 0 Å². The number of halogens is 2. The summed E-state index contributed by atoms with van der Waals surface area (Å²) >= 11 is 12.1. The Morgan fingerprint density at radius 3 is 2.43 bits per heavy atom. The van der Waals surface area contributed by atoms with Crippen molar-refractivity contribution in [1.29, 1.82) is 0 Å². The Kier molecular flexibility index (Phi) is 6.25. The topological polar surface area (TPSA) is 54.0 Å². The molecule has 0 fully saturated rings. The van der Waals surface area contributed by atoms with Crippen molar-refractivity contribution in [2.75, 3.05) is 17.2 Å². The third-order valence-corrected chi connectivity index (χ3v) is 3.88. The second-order valence-corrected chi connectivity index (χ2v) is 6.41. The molecule has 122 valence electrons. The molecule has 0 saturated heterocycles. The number of para-hydroxylation sites is 1. The van der Waals surface area contributed by atoms with Crippen LogP contribution in [0.4, 0.5) is 11.4 Å². The first-order valence-electron chi connectivity index (χ1n) is 7.42. The zero-order valence-corrected chi connectivity index (χ0v) is 14.6. The van der Waals surface area contributed by atoms with E-state index in [2.05, 4.69) is 29.5 Å². The fourth-order valence-corrected chi connectivity index (χ4v) is 2.42. The summed E-state index contributed by atoms with van der Waals surface area (Å²) in [5.41, 5.74) is 1.58. The predicted octanol–water partition coefficient (Wildman–Crippen LogP) is 5.10. The largest absolute Gasteiger partial charge is 0.384 e. The number of carbonyl (C=O) groups is 1. The third kappa shape index (κ3) is 5.12. The molecule has 0 bridgehead atoms. The molecule has 1 amide bonds. The van der Waals surface area contributed by atoms with Gasteiger partial charge in [-0.05, 0) is 36.6 Å². The van der Waals surface area contributed by atoms with E-state index < -0.39 is 0 Å². The quantitative estimate of drug-likeness (QED) is 0.761. The van der Waals surface area contributed by atoms with Gasteiger partial charge in [0, 0.05) is 6.54 Å². The van der Waals surface area contributed by atoms with Crippen LogP contribution in [0.5, 0.6) is 0 Å². The van der Waals surface area contributed by atoms with Crippen molar-refractivity contribution < 1.29 is 4.79 Å². The van der Waals surface area contributed by atoms with E-state index in [-0.39, 0.29) is 5.91 Å². The zero-order chi connectivity index (χ0) is 16.8. The monoisotopic (exact) mass is 351 g/mol. The number of hydrogen-bond acceptors (Lipinski definition) is 3. The van der Waals surface area contributed by atoms with E-state index >= 15 is 0 Å². The number of pyridine rings is 1. The van der Waals surface area contributed by atoms with Gasteiger partial charge in [0.2, 0.25) is 0 Å². The van der Waals surface area contributed by atoms with Crippen LogP contribution in [0, 0.1) is 5.92 Å². The summed E-state index contributed by atoms with van der Waals surface area (Å²) < 4.78 is 0. The average molecular weight is 352 g/mol. The number of rotatable bonds is 6. The maximum Gasteiger partial charge on any atom is 0.274 e. The summed E-state index contributed by atoms with van der Waals surface area (Å²) in [7, 11) is 0. The van der Waals surface area contributed by atoms with Crippen LogP contribution in [0.2, 0.25) is 10.0 Å². The molecule has 1 aromatic carbocycles. The number of hydrogen-bond donors (Lipinski definition) is 2. The molecule has 0 unspecified atom stereocenters. The molecule has 6 heteroatoms. The summed E-state index contributed by atoms with van der Waals surface area (Å²) in [5, 5.41) is 6.73. The summed E-state index contributed by atoms with van der Waals surface area (Å²) in [4.78, 5) is 16.4. The normalized spacial score (nSPS) is 10.7. The smallest absolute Gasteiger partial charge is 0.274 e. The Balaban J connectivity index is 2.00. The maximum atomic E-state index is 12.2. The number of nitrogens with zero attached hydrogens (tertiary/aromatic N) is 1. The van der Waals surface area contributed by atoms with E-state index in [1.54, 1.807) is 30.5 Å². The Morgan fingerprint density at radius 1 is 1.17 bits per heavy atom. The molecule has 2 N–H and O–H groups in total. The standard InChI is InChI=1S/C17H19Cl2N3O/c1-11(2)8-9-20-12-6-7-15(21-10-12)17(23)22-16-13(18)4-3-5-14(16)19/h3-7,10-11,20H,8-9H2,1-2H3,(H,22,23). The van der Waals surface area contributed by atoms with Gasteiger partial charge in [-0.25, -0.2) is 4.98 Å². The Labute approximate surface area is 146 Å². The van der Waals surface area contributed by atoms with Gasteiger partial charge >= 0.3 is 0 Å². The molecule has 1 aromatic heterocycles. The van der Waals surface area contributed by atoms with Crippen LogP contribution in [0.1, 0.15) is 30.8 Å². The summed E-state index contributed by atoms with van der Waals surface area (Å²) in [6.07, 6.45) is 2.72. The van der Waals surface area contributed by atoms with Crippen LogP contribution in [0.3, 0.4) is 0 Å². The number of anilines is 2. The van der Waals surface area contributed by atoms with E-state index in [4.69, 9.17) is 23.2 Å². The Morgan fingerprint density at radius 2 is 1.87 bits per heavy atom.